The molecule has 0 radical (unpaired) electrons. The topological polar surface area (TPSA) is 88.9 Å². The van der Waals surface area contributed by atoms with Crippen LogP contribution in [-0.2, 0) is 11.2 Å². The van der Waals surface area contributed by atoms with Crippen molar-refractivity contribution in [1.29, 1.82) is 0 Å². The molecule has 3 aromatic rings. The van der Waals surface area contributed by atoms with E-state index in [0.717, 1.165) is 46.9 Å². The van der Waals surface area contributed by atoms with Crippen LogP contribution < -0.4 is 10.6 Å². The highest BCUT2D eigenvalue weighted by Gasteiger charge is 2.18. The molecule has 0 aliphatic rings. The first kappa shape index (κ1) is 19.5. The Morgan fingerprint density at radius 2 is 2.00 bits per heavy atom. The first-order valence-electron chi connectivity index (χ1n) is 9.45. The summed E-state index contributed by atoms with van der Waals surface area (Å²) in [5.74, 6) is 1.64. The van der Waals surface area contributed by atoms with Gasteiger partial charge in [-0.2, -0.15) is 0 Å². The molecule has 0 spiro atoms. The van der Waals surface area contributed by atoms with E-state index in [-0.39, 0.29) is 11.8 Å². The minimum atomic E-state index is -0.143. The van der Waals surface area contributed by atoms with Gasteiger partial charge in [0.1, 0.15) is 11.6 Å². The zero-order valence-corrected chi connectivity index (χ0v) is 16.6. The second kappa shape index (κ2) is 8.21. The van der Waals surface area contributed by atoms with E-state index >= 15 is 0 Å². The van der Waals surface area contributed by atoms with Crippen LogP contribution in [0, 0.1) is 0 Å². The number of pyridine rings is 1. The monoisotopic (exact) mass is 379 g/mol. The van der Waals surface area contributed by atoms with Gasteiger partial charge in [-0.3, -0.25) is 14.2 Å². The zero-order valence-electron chi connectivity index (χ0n) is 16.6. The minimum Gasteiger partial charge on any atom is -0.355 e. The van der Waals surface area contributed by atoms with Crippen molar-refractivity contribution in [3.8, 4) is 5.82 Å². The number of carbonyl (C=O) groups is 2. The third-order valence-corrected chi connectivity index (χ3v) is 4.58. The number of hydrogen-bond acceptors (Lipinski definition) is 4. The maximum absolute atomic E-state index is 12.0. The summed E-state index contributed by atoms with van der Waals surface area (Å²) >= 11 is 0. The highest BCUT2D eigenvalue weighted by molar-refractivity contribution is 5.97. The first-order valence-corrected chi connectivity index (χ1v) is 9.45. The number of nitrogens with zero attached hydrogens (tertiary/aromatic N) is 3. The quantitative estimate of drug-likeness (QED) is 0.616. The van der Waals surface area contributed by atoms with Gasteiger partial charge in [-0.05, 0) is 36.8 Å². The van der Waals surface area contributed by atoms with E-state index in [4.69, 9.17) is 9.97 Å². The van der Waals surface area contributed by atoms with Gasteiger partial charge in [0.2, 0.25) is 6.41 Å². The van der Waals surface area contributed by atoms with E-state index in [1.54, 1.807) is 19.2 Å². The van der Waals surface area contributed by atoms with Gasteiger partial charge in [0.25, 0.3) is 5.91 Å². The molecule has 2 heterocycles. The van der Waals surface area contributed by atoms with Gasteiger partial charge >= 0.3 is 0 Å². The number of carbonyl (C=O) groups excluding carboxylic acids is 2. The predicted molar refractivity (Wildman–Crippen MR) is 110 cm³/mol. The van der Waals surface area contributed by atoms with Gasteiger partial charge in [-0.15, -0.1) is 0 Å². The molecule has 28 heavy (non-hydrogen) atoms. The summed E-state index contributed by atoms with van der Waals surface area (Å²) in [6.07, 6.45) is 2.35. The van der Waals surface area contributed by atoms with Crippen molar-refractivity contribution >= 4 is 29.0 Å². The van der Waals surface area contributed by atoms with Crippen LogP contribution in [-0.4, -0.2) is 33.9 Å². The van der Waals surface area contributed by atoms with Crippen molar-refractivity contribution in [3.05, 3.63) is 47.4 Å². The highest BCUT2D eigenvalue weighted by atomic mass is 16.1. The van der Waals surface area contributed by atoms with Crippen LogP contribution in [0.1, 0.15) is 55.0 Å². The number of rotatable bonds is 7. The molecule has 7 heteroatoms. The van der Waals surface area contributed by atoms with E-state index in [2.05, 4.69) is 31.4 Å². The number of nitrogens with one attached hydrogen (secondary N) is 2. The summed E-state index contributed by atoms with van der Waals surface area (Å²) < 4.78 is 2.03. The fraction of sp³-hybridized carbons (Fsp3) is 0.333. The van der Waals surface area contributed by atoms with Gasteiger partial charge < -0.3 is 10.6 Å². The molecule has 2 aromatic heterocycles. The second-order valence-electron chi connectivity index (χ2n) is 6.92. The molecule has 0 bridgehead atoms. The summed E-state index contributed by atoms with van der Waals surface area (Å²) in [4.78, 5) is 32.4. The number of benzene rings is 1. The van der Waals surface area contributed by atoms with E-state index in [1.807, 2.05) is 22.8 Å². The minimum absolute atomic E-state index is 0.143. The summed E-state index contributed by atoms with van der Waals surface area (Å²) in [5.41, 5.74) is 3.77. The van der Waals surface area contributed by atoms with Crippen LogP contribution in [0.2, 0.25) is 0 Å². The number of fused-ring (bicyclic) bond motifs is 1. The lowest BCUT2D eigenvalue weighted by Gasteiger charge is -2.14. The Kier molecular flexibility index (Phi) is 5.73. The van der Waals surface area contributed by atoms with Crippen molar-refractivity contribution in [3.63, 3.8) is 0 Å². The second-order valence-corrected chi connectivity index (χ2v) is 6.92. The summed E-state index contributed by atoms with van der Waals surface area (Å²) in [7, 11) is 1.61. The van der Waals surface area contributed by atoms with Gasteiger partial charge in [0, 0.05) is 18.5 Å². The molecule has 0 aliphatic carbocycles. The van der Waals surface area contributed by atoms with Crippen LogP contribution in [0.4, 0.5) is 5.69 Å². The fourth-order valence-electron chi connectivity index (χ4n) is 3.25. The average Bonchev–Trinajstić information content (AvgIpc) is 3.08. The van der Waals surface area contributed by atoms with Crippen LogP contribution in [0.5, 0.6) is 0 Å². The molecule has 0 unspecified atom stereocenters. The van der Waals surface area contributed by atoms with E-state index in [9.17, 15) is 9.59 Å². The molecule has 3 rings (SSSR count). The lowest BCUT2D eigenvalue weighted by molar-refractivity contribution is -0.105. The molecule has 2 N–H and O–H groups in total. The molecule has 7 nitrogen and oxygen atoms in total. The fourth-order valence-corrected chi connectivity index (χ4v) is 3.25. The third kappa shape index (κ3) is 3.60. The molecule has 0 atom stereocenters. The lowest BCUT2D eigenvalue weighted by atomic mass is 10.1. The molecule has 0 saturated carbocycles. The molecule has 0 saturated heterocycles. The Labute approximate surface area is 164 Å². The Morgan fingerprint density at radius 1 is 1.21 bits per heavy atom. The standard InChI is InChI=1S/C21H25N5O2/c1-5-6-16-15(23-12-27)8-10-19(24-16)26-18-9-7-14(21(28)22-4)11-17(18)25-20(26)13(2)3/h7-13H,5-6H2,1-4H3,(H,22,28)(H,23,27). The van der Waals surface area contributed by atoms with Crippen molar-refractivity contribution < 1.29 is 9.59 Å². The smallest absolute Gasteiger partial charge is 0.251 e. The number of aryl methyl sites for hydroxylation is 1. The third-order valence-electron chi connectivity index (χ3n) is 4.58. The Hall–Kier alpha value is -3.22. The first-order chi connectivity index (χ1) is 13.5. The van der Waals surface area contributed by atoms with E-state index < -0.39 is 0 Å². The largest absolute Gasteiger partial charge is 0.355 e. The zero-order chi connectivity index (χ0) is 20.3. The highest BCUT2D eigenvalue weighted by Crippen LogP contribution is 2.27. The molecule has 0 fully saturated rings. The van der Waals surface area contributed by atoms with Gasteiger partial charge in [-0.25, -0.2) is 9.97 Å². The Morgan fingerprint density at radius 3 is 2.64 bits per heavy atom. The van der Waals surface area contributed by atoms with Gasteiger partial charge in [0.05, 0.1) is 22.4 Å². The van der Waals surface area contributed by atoms with Gasteiger partial charge in [0.15, 0.2) is 0 Å². The number of imidazole rings is 1. The van der Waals surface area contributed by atoms with E-state index in [0.29, 0.717) is 12.0 Å². The summed E-state index contributed by atoms with van der Waals surface area (Å²) in [6, 6.07) is 9.24. The maximum Gasteiger partial charge on any atom is 0.251 e. The molecule has 0 aliphatic heterocycles. The molecule has 1 aromatic carbocycles. The molecular formula is C21H25N5O2. The van der Waals surface area contributed by atoms with Crippen molar-refractivity contribution in [2.24, 2.45) is 0 Å². The molecule has 2 amide bonds. The lowest BCUT2D eigenvalue weighted by Crippen LogP contribution is -2.17. The number of hydrogen-bond donors (Lipinski definition) is 2. The Balaban J connectivity index is 2.21. The molecular weight excluding hydrogens is 354 g/mol. The van der Waals surface area contributed by atoms with Crippen LogP contribution >= 0.6 is 0 Å². The Bertz CT molecular complexity index is 1020. The SMILES string of the molecule is CCCc1nc(-n2c(C(C)C)nc3cc(C(=O)NC)ccc32)ccc1NC=O. The van der Waals surface area contributed by atoms with Crippen molar-refractivity contribution in [1.82, 2.24) is 19.9 Å². The van der Waals surface area contributed by atoms with Crippen LogP contribution in [0.25, 0.3) is 16.9 Å². The number of anilines is 1. The van der Waals surface area contributed by atoms with Crippen LogP contribution in [0.15, 0.2) is 30.3 Å². The predicted octanol–water partition coefficient (Wildman–Crippen LogP) is 3.42. The summed E-state index contributed by atoms with van der Waals surface area (Å²) in [6.45, 7) is 6.23. The number of amides is 2. The number of aromatic nitrogens is 3. The van der Waals surface area contributed by atoms with Crippen molar-refractivity contribution in [2.75, 3.05) is 12.4 Å². The average molecular weight is 379 g/mol. The maximum atomic E-state index is 12.0. The van der Waals surface area contributed by atoms with E-state index in [1.165, 1.54) is 0 Å². The van der Waals surface area contributed by atoms with Gasteiger partial charge in [-0.1, -0.05) is 27.2 Å². The van der Waals surface area contributed by atoms with Crippen LogP contribution in [0.3, 0.4) is 0 Å². The normalized spacial score (nSPS) is 11.0. The molecule has 146 valence electrons. The summed E-state index contributed by atoms with van der Waals surface area (Å²) in [5, 5.41) is 5.36. The van der Waals surface area contributed by atoms with Crippen molar-refractivity contribution in [2.45, 2.75) is 39.5 Å².